The molecule has 0 saturated carbocycles. The Hall–Kier alpha value is -6.56. The molecule has 4 aromatic carbocycles. The Morgan fingerprint density at radius 1 is 0.358 bits per heavy atom. The monoisotopic (exact) mass is 1110 g/mol. The van der Waals surface area contributed by atoms with Crippen molar-refractivity contribution in [2.45, 2.75) is 194 Å². The maximum absolute atomic E-state index is 14.4. The minimum Gasteiger partial charge on any atom is -0.494 e. The van der Waals surface area contributed by atoms with Crippen molar-refractivity contribution >= 4 is 47.4 Å². The average Bonchev–Trinajstić information content (AvgIpc) is 3.52. The smallest absolute Gasteiger partial charge is 0.330 e. The number of anilines is 2. The first-order chi connectivity index (χ1) is 39.6. The molecule has 0 bridgehead atoms. The highest BCUT2D eigenvalue weighted by atomic mass is 16.6. The number of carbonyl (C=O) groups is 4. The van der Waals surface area contributed by atoms with Crippen molar-refractivity contribution in [1.29, 1.82) is 0 Å². The number of nitrogen functional groups attached to an aromatic ring is 2. The van der Waals surface area contributed by atoms with Crippen LogP contribution in [-0.4, -0.2) is 63.5 Å². The van der Waals surface area contributed by atoms with Crippen LogP contribution >= 0.6 is 0 Å². The van der Waals surface area contributed by atoms with E-state index in [1.165, 1.54) is 12.2 Å². The summed E-state index contributed by atoms with van der Waals surface area (Å²) in [5.74, 6) is -0.118. The van der Waals surface area contributed by atoms with E-state index in [0.29, 0.717) is 50.6 Å². The summed E-state index contributed by atoms with van der Waals surface area (Å²) in [4.78, 5) is 52.7. The molecule has 0 unspecified atom stereocenters. The first kappa shape index (κ1) is 66.9. The van der Waals surface area contributed by atoms with Crippen molar-refractivity contribution in [3.05, 3.63) is 131 Å². The van der Waals surface area contributed by atoms with Crippen molar-refractivity contribution in [2.24, 2.45) is 5.41 Å². The predicted molar refractivity (Wildman–Crippen MR) is 329 cm³/mol. The first-order valence-corrected chi connectivity index (χ1v) is 30.8. The van der Waals surface area contributed by atoms with E-state index < -0.39 is 17.4 Å². The van der Waals surface area contributed by atoms with Gasteiger partial charge in [0, 0.05) is 23.5 Å². The van der Waals surface area contributed by atoms with Crippen LogP contribution in [0.25, 0.3) is 12.2 Å². The Bertz CT molecular complexity index is 2200. The maximum atomic E-state index is 14.4. The van der Waals surface area contributed by atoms with Crippen LogP contribution < -0.4 is 20.9 Å². The first-order valence-electron chi connectivity index (χ1n) is 30.8. The molecule has 0 aliphatic heterocycles. The minimum atomic E-state index is -1.59. The molecule has 4 aromatic rings. The summed E-state index contributed by atoms with van der Waals surface area (Å²) in [7, 11) is 0. The van der Waals surface area contributed by atoms with Gasteiger partial charge in [-0.2, -0.15) is 0 Å². The zero-order valence-electron chi connectivity index (χ0n) is 49.3. The molecule has 0 aromatic heterocycles. The topological polar surface area (TPSA) is 176 Å². The van der Waals surface area contributed by atoms with Gasteiger partial charge in [0.25, 0.3) is 0 Å². The normalized spacial score (nSPS) is 11.5. The number of hydrogen-bond acceptors (Lipinski definition) is 12. The molecular weight excluding hydrogens is 1020 g/mol. The average molecular weight is 1120 g/mol. The lowest BCUT2D eigenvalue weighted by molar-refractivity contribution is -0.173. The number of nitrogens with two attached hydrogens (primary N) is 2. The summed E-state index contributed by atoms with van der Waals surface area (Å²) >= 11 is 0. The van der Waals surface area contributed by atoms with Gasteiger partial charge >= 0.3 is 23.9 Å². The molecule has 0 heterocycles. The zero-order chi connectivity index (χ0) is 57.9. The van der Waals surface area contributed by atoms with Crippen molar-refractivity contribution in [3.8, 4) is 11.5 Å². The summed E-state index contributed by atoms with van der Waals surface area (Å²) in [5.41, 5.74) is 15.1. The molecular formula is C69H98N2O10. The van der Waals surface area contributed by atoms with Gasteiger partial charge in [0.1, 0.15) is 11.5 Å². The van der Waals surface area contributed by atoms with Gasteiger partial charge in [0.15, 0.2) is 5.41 Å². The van der Waals surface area contributed by atoms with Gasteiger partial charge in [0.2, 0.25) is 0 Å². The number of ether oxygens (including phenoxy) is 6. The molecule has 0 amide bonds. The van der Waals surface area contributed by atoms with E-state index in [0.717, 1.165) is 188 Å². The standard InChI is InChI=1S/C69H98N2O10/c1-3-5-7-23-51-78-65(72)47-37-57-33-43-63(44-34-57)76-49-25-19-15-11-9-13-17-21-27-53-80-67(74)69(55-59-29-39-61(70)40-30-59,56-60-31-41-62(71)42-32-60)68(75)81-54-28-22-18-14-10-12-16-20-26-50-77-64-45-35-58(36-46-64)38-48-66(73)79-52-24-8-6-4-2/h29-48H,3-28,49-56,70-71H2,1-2H3/b47-37+,48-38+. The van der Waals surface area contributed by atoms with Crippen LogP contribution in [-0.2, 0) is 51.0 Å². The fraction of sp³-hybridized carbons (Fsp3) is 0.536. The predicted octanol–water partition coefficient (Wildman–Crippen LogP) is 16.2. The molecule has 4 rings (SSSR count). The second-order valence-corrected chi connectivity index (χ2v) is 21.5. The highest BCUT2D eigenvalue weighted by Gasteiger charge is 2.49. The van der Waals surface area contributed by atoms with Crippen LogP contribution in [0.1, 0.15) is 203 Å². The van der Waals surface area contributed by atoms with E-state index in [1.54, 1.807) is 36.4 Å². The lowest BCUT2D eigenvalue weighted by Gasteiger charge is -2.30. The Morgan fingerprint density at radius 2 is 0.642 bits per heavy atom. The van der Waals surface area contributed by atoms with E-state index >= 15 is 0 Å². The summed E-state index contributed by atoms with van der Waals surface area (Å²) in [6.45, 7) is 7.04. The molecule has 444 valence electrons. The molecule has 0 fully saturated rings. The SMILES string of the molecule is CCCCCCOC(=O)/C=C/c1ccc(OCCCCCCCCCCCOC(=O)C(Cc2ccc(N)cc2)(Cc2ccc(N)cc2)C(=O)OCCCCCCCCCCCOc2ccc(/C=C/C(=O)OCCCCCC)cc2)cc1. The molecule has 0 spiro atoms. The zero-order valence-corrected chi connectivity index (χ0v) is 49.3. The van der Waals surface area contributed by atoms with Gasteiger partial charge in [-0.05, 0) is 134 Å². The van der Waals surface area contributed by atoms with Gasteiger partial charge in [-0.15, -0.1) is 0 Å². The van der Waals surface area contributed by atoms with Crippen molar-refractivity contribution in [1.82, 2.24) is 0 Å². The number of benzene rings is 4. The van der Waals surface area contributed by atoms with Crippen LogP contribution in [0.5, 0.6) is 11.5 Å². The number of unbranched alkanes of at least 4 members (excludes halogenated alkanes) is 22. The fourth-order valence-electron chi connectivity index (χ4n) is 9.45. The lowest BCUT2D eigenvalue weighted by atomic mass is 9.76. The molecule has 12 nitrogen and oxygen atoms in total. The van der Waals surface area contributed by atoms with Crippen LogP contribution in [0, 0.1) is 5.41 Å². The van der Waals surface area contributed by atoms with Gasteiger partial charge < -0.3 is 39.9 Å². The quantitative estimate of drug-likeness (QED) is 0.0107. The highest BCUT2D eigenvalue weighted by Crippen LogP contribution is 2.33. The van der Waals surface area contributed by atoms with E-state index in [-0.39, 0.29) is 38.0 Å². The summed E-state index contributed by atoms with van der Waals surface area (Å²) in [5, 5.41) is 0. The maximum Gasteiger partial charge on any atom is 0.330 e. The Balaban J connectivity index is 1.10. The van der Waals surface area contributed by atoms with Gasteiger partial charge in [-0.25, -0.2) is 9.59 Å². The Labute approximate surface area is 486 Å². The molecule has 0 radical (unpaired) electrons. The minimum absolute atomic E-state index is 0.114. The molecule has 0 atom stereocenters. The molecule has 12 heteroatoms. The summed E-state index contributed by atoms with van der Waals surface area (Å²) in [6, 6.07) is 30.0. The number of carbonyl (C=O) groups excluding carboxylic acids is 4. The highest BCUT2D eigenvalue weighted by molar-refractivity contribution is 6.01. The Morgan fingerprint density at radius 3 is 0.963 bits per heavy atom. The molecule has 81 heavy (non-hydrogen) atoms. The van der Waals surface area contributed by atoms with Crippen LogP contribution in [0.3, 0.4) is 0 Å². The van der Waals surface area contributed by atoms with E-state index in [9.17, 15) is 19.2 Å². The second-order valence-electron chi connectivity index (χ2n) is 21.5. The van der Waals surface area contributed by atoms with Gasteiger partial charge in [-0.3, -0.25) is 9.59 Å². The lowest BCUT2D eigenvalue weighted by Crippen LogP contribution is -2.46. The van der Waals surface area contributed by atoms with E-state index in [4.69, 9.17) is 39.9 Å². The van der Waals surface area contributed by atoms with Crippen molar-refractivity contribution in [3.63, 3.8) is 0 Å². The largest absolute Gasteiger partial charge is 0.494 e. The van der Waals surface area contributed by atoms with E-state index in [1.807, 2.05) is 72.8 Å². The van der Waals surface area contributed by atoms with E-state index in [2.05, 4.69) is 13.8 Å². The third kappa shape index (κ3) is 30.2. The van der Waals surface area contributed by atoms with Crippen LogP contribution in [0.2, 0.25) is 0 Å². The number of rotatable bonds is 46. The van der Waals surface area contributed by atoms with Crippen LogP contribution in [0.4, 0.5) is 11.4 Å². The second kappa shape index (κ2) is 42.3. The number of esters is 4. The van der Waals surface area contributed by atoms with Gasteiger partial charge in [0.05, 0.1) is 39.6 Å². The van der Waals surface area contributed by atoms with Crippen LogP contribution in [0.15, 0.2) is 109 Å². The summed E-state index contributed by atoms with van der Waals surface area (Å²) in [6.07, 6.45) is 34.0. The van der Waals surface area contributed by atoms with Crippen molar-refractivity contribution in [2.75, 3.05) is 51.1 Å². The molecule has 4 N–H and O–H groups in total. The summed E-state index contributed by atoms with van der Waals surface area (Å²) < 4.78 is 34.5. The third-order valence-electron chi connectivity index (χ3n) is 14.4. The number of hydrogen-bond donors (Lipinski definition) is 2. The molecule has 0 saturated heterocycles. The molecule has 0 aliphatic carbocycles. The van der Waals surface area contributed by atoms with Gasteiger partial charge in [-0.1, -0.05) is 191 Å². The van der Waals surface area contributed by atoms with Crippen molar-refractivity contribution < 1.29 is 47.6 Å². The fourth-order valence-corrected chi connectivity index (χ4v) is 9.45. The molecule has 0 aliphatic rings. The Kier molecular flexibility index (Phi) is 35.0. The third-order valence-corrected chi connectivity index (χ3v) is 14.4.